The number of carboxylic acids is 1. The molecular weight excluding hydrogens is 294 g/mol. The summed E-state index contributed by atoms with van der Waals surface area (Å²) in [5, 5.41) is 11.8. The van der Waals surface area contributed by atoms with Gasteiger partial charge in [-0.2, -0.15) is 0 Å². The predicted octanol–water partition coefficient (Wildman–Crippen LogP) is 3.08. The van der Waals surface area contributed by atoms with Crippen LogP contribution in [0.3, 0.4) is 0 Å². The number of hydrogen-bond acceptors (Lipinski definition) is 3. The summed E-state index contributed by atoms with van der Waals surface area (Å²) in [6, 6.07) is 3.68. The molecule has 0 aliphatic heterocycles. The molecule has 2 rings (SSSR count). The van der Waals surface area contributed by atoms with Crippen molar-refractivity contribution in [1.29, 1.82) is 0 Å². The molecule has 1 aromatic carbocycles. The van der Waals surface area contributed by atoms with Crippen LogP contribution in [-0.2, 0) is 4.79 Å². The summed E-state index contributed by atoms with van der Waals surface area (Å²) in [5.74, 6) is 0.00324. The maximum absolute atomic E-state index is 12.4. The summed E-state index contributed by atoms with van der Waals surface area (Å²) in [5.41, 5.74) is 2.13. The first-order valence-electron chi connectivity index (χ1n) is 8.15. The van der Waals surface area contributed by atoms with Crippen molar-refractivity contribution in [3.05, 3.63) is 28.8 Å². The minimum absolute atomic E-state index is 0.0830. The zero-order valence-corrected chi connectivity index (χ0v) is 14.0. The molecule has 0 radical (unpaired) electrons. The molecule has 2 N–H and O–H groups in total. The maximum Gasteiger partial charge on any atom is 0.341 e. The third-order valence-corrected chi connectivity index (χ3v) is 4.53. The van der Waals surface area contributed by atoms with Gasteiger partial charge in [-0.05, 0) is 62.8 Å². The molecule has 1 aliphatic rings. The second-order valence-corrected chi connectivity index (χ2v) is 6.43. The Balaban J connectivity index is 2.07. The summed E-state index contributed by atoms with van der Waals surface area (Å²) >= 11 is 0. The molecule has 5 nitrogen and oxygen atoms in total. The van der Waals surface area contributed by atoms with Gasteiger partial charge in [-0.3, -0.25) is 4.79 Å². The number of hydrogen-bond donors (Lipinski definition) is 2. The second kappa shape index (κ2) is 7.49. The first-order chi connectivity index (χ1) is 10.9. The molecule has 0 spiro atoms. The average molecular weight is 319 g/mol. The summed E-state index contributed by atoms with van der Waals surface area (Å²) in [6.07, 6.45) is 4.86. The van der Waals surface area contributed by atoms with Crippen LogP contribution in [0.5, 0.6) is 5.75 Å². The van der Waals surface area contributed by atoms with Gasteiger partial charge in [-0.1, -0.05) is 12.8 Å². The highest BCUT2D eigenvalue weighted by Crippen LogP contribution is 2.28. The lowest BCUT2D eigenvalue weighted by atomic mass is 9.99. The number of rotatable bonds is 6. The van der Waals surface area contributed by atoms with Crippen molar-refractivity contribution in [1.82, 2.24) is 5.32 Å². The Morgan fingerprint density at radius 3 is 2.35 bits per heavy atom. The third kappa shape index (κ3) is 4.47. The van der Waals surface area contributed by atoms with Crippen LogP contribution in [0, 0.1) is 19.8 Å². The van der Waals surface area contributed by atoms with Crippen molar-refractivity contribution in [3.8, 4) is 5.75 Å². The molecule has 0 bridgehead atoms. The van der Waals surface area contributed by atoms with E-state index < -0.39 is 5.97 Å². The van der Waals surface area contributed by atoms with Gasteiger partial charge in [0.1, 0.15) is 5.75 Å². The fourth-order valence-electron chi connectivity index (χ4n) is 3.31. The van der Waals surface area contributed by atoms with Crippen LogP contribution in [0.25, 0.3) is 0 Å². The normalized spacial score (nSPS) is 16.1. The molecule has 1 saturated carbocycles. The topological polar surface area (TPSA) is 75.6 Å². The van der Waals surface area contributed by atoms with Gasteiger partial charge in [-0.25, -0.2) is 4.79 Å². The van der Waals surface area contributed by atoms with E-state index >= 15 is 0 Å². The van der Waals surface area contributed by atoms with Crippen molar-refractivity contribution < 1.29 is 19.4 Å². The van der Waals surface area contributed by atoms with E-state index in [-0.39, 0.29) is 18.6 Å². The highest BCUT2D eigenvalue weighted by Gasteiger charge is 2.23. The zero-order chi connectivity index (χ0) is 17.0. The van der Waals surface area contributed by atoms with Crippen molar-refractivity contribution >= 4 is 11.9 Å². The first kappa shape index (κ1) is 17.3. The number of carbonyl (C=O) groups excluding carboxylic acids is 1. The Hall–Kier alpha value is -2.04. The number of ether oxygens (including phenoxy) is 1. The van der Waals surface area contributed by atoms with Gasteiger partial charge < -0.3 is 15.2 Å². The third-order valence-electron chi connectivity index (χ3n) is 4.53. The number of aryl methyl sites for hydroxylation is 2. The van der Waals surface area contributed by atoms with Gasteiger partial charge >= 0.3 is 5.97 Å². The minimum Gasteiger partial charge on any atom is -0.481 e. The van der Waals surface area contributed by atoms with Crippen molar-refractivity contribution in [2.45, 2.75) is 52.5 Å². The summed E-state index contributed by atoms with van der Waals surface area (Å²) in [4.78, 5) is 23.1. The maximum atomic E-state index is 12.4. The lowest BCUT2D eigenvalue weighted by Crippen LogP contribution is -2.37. The lowest BCUT2D eigenvalue weighted by molar-refractivity contribution is -0.139. The number of carboxylic acid groups (broad SMARTS) is 1. The summed E-state index contributed by atoms with van der Waals surface area (Å²) in [7, 11) is 0. The predicted molar refractivity (Wildman–Crippen MR) is 87.9 cm³/mol. The SMILES string of the molecule is Cc1cc(C(=O)NC(C)C2CCCC2)cc(C)c1OCC(=O)O. The van der Waals surface area contributed by atoms with Gasteiger partial charge in [0.25, 0.3) is 5.91 Å². The fourth-order valence-corrected chi connectivity index (χ4v) is 3.31. The Morgan fingerprint density at radius 1 is 1.26 bits per heavy atom. The van der Waals surface area contributed by atoms with Gasteiger partial charge in [0.05, 0.1) is 0 Å². The van der Waals surface area contributed by atoms with Gasteiger partial charge in [-0.15, -0.1) is 0 Å². The molecule has 0 aromatic heterocycles. The Kier molecular flexibility index (Phi) is 5.64. The number of benzene rings is 1. The van der Waals surface area contributed by atoms with E-state index in [4.69, 9.17) is 9.84 Å². The van der Waals surface area contributed by atoms with Crippen LogP contribution >= 0.6 is 0 Å². The highest BCUT2D eigenvalue weighted by atomic mass is 16.5. The molecule has 0 heterocycles. The standard InChI is InChI=1S/C18H25NO4/c1-11-8-15(9-12(2)17(11)23-10-16(20)21)18(22)19-13(3)14-6-4-5-7-14/h8-9,13-14H,4-7,10H2,1-3H3,(H,19,22)(H,20,21). The van der Waals surface area contributed by atoms with E-state index in [2.05, 4.69) is 12.2 Å². The smallest absolute Gasteiger partial charge is 0.341 e. The van der Waals surface area contributed by atoms with Crippen molar-refractivity contribution in [3.63, 3.8) is 0 Å². The average Bonchev–Trinajstić information content (AvgIpc) is 3.00. The molecule has 1 amide bonds. The minimum atomic E-state index is -1.02. The first-order valence-corrected chi connectivity index (χ1v) is 8.15. The van der Waals surface area contributed by atoms with Crippen LogP contribution in [-0.4, -0.2) is 29.6 Å². The molecule has 5 heteroatoms. The van der Waals surface area contributed by atoms with Gasteiger partial charge in [0, 0.05) is 11.6 Å². The number of nitrogens with one attached hydrogen (secondary N) is 1. The van der Waals surface area contributed by atoms with Gasteiger partial charge in [0.2, 0.25) is 0 Å². The molecule has 126 valence electrons. The molecule has 1 unspecified atom stereocenters. The second-order valence-electron chi connectivity index (χ2n) is 6.43. The van der Waals surface area contributed by atoms with Gasteiger partial charge in [0.15, 0.2) is 6.61 Å². The van der Waals surface area contributed by atoms with Crippen LogP contribution in [0.4, 0.5) is 0 Å². The van der Waals surface area contributed by atoms with Crippen LogP contribution in [0.15, 0.2) is 12.1 Å². The molecule has 23 heavy (non-hydrogen) atoms. The number of carbonyl (C=O) groups is 2. The zero-order valence-electron chi connectivity index (χ0n) is 14.0. The Bertz CT molecular complexity index is 568. The molecule has 1 aliphatic carbocycles. The van der Waals surface area contributed by atoms with E-state index in [1.807, 2.05) is 13.8 Å². The molecular formula is C18H25NO4. The Morgan fingerprint density at radius 2 is 1.83 bits per heavy atom. The van der Waals surface area contributed by atoms with Crippen molar-refractivity contribution in [2.24, 2.45) is 5.92 Å². The van der Waals surface area contributed by atoms with E-state index in [9.17, 15) is 9.59 Å². The lowest BCUT2D eigenvalue weighted by Gasteiger charge is -2.21. The largest absolute Gasteiger partial charge is 0.481 e. The Labute approximate surface area is 137 Å². The van der Waals surface area contributed by atoms with Crippen LogP contribution in [0.2, 0.25) is 0 Å². The molecule has 0 saturated heterocycles. The summed E-state index contributed by atoms with van der Waals surface area (Å²) < 4.78 is 5.29. The van der Waals surface area contributed by atoms with E-state index in [0.717, 1.165) is 11.1 Å². The molecule has 1 aromatic rings. The van der Waals surface area contributed by atoms with Crippen LogP contribution in [0.1, 0.15) is 54.1 Å². The van der Waals surface area contributed by atoms with E-state index in [1.54, 1.807) is 12.1 Å². The number of aliphatic carboxylic acids is 1. The molecule has 1 atom stereocenters. The van der Waals surface area contributed by atoms with E-state index in [1.165, 1.54) is 25.7 Å². The summed E-state index contributed by atoms with van der Waals surface area (Å²) in [6.45, 7) is 5.33. The molecule has 1 fully saturated rings. The quantitative estimate of drug-likeness (QED) is 0.845. The van der Waals surface area contributed by atoms with Crippen LogP contribution < -0.4 is 10.1 Å². The van der Waals surface area contributed by atoms with E-state index in [0.29, 0.717) is 17.2 Å². The monoisotopic (exact) mass is 319 g/mol. The fraction of sp³-hybridized carbons (Fsp3) is 0.556. The van der Waals surface area contributed by atoms with Crippen molar-refractivity contribution in [2.75, 3.05) is 6.61 Å². The number of amides is 1. The highest BCUT2D eigenvalue weighted by molar-refractivity contribution is 5.95.